The van der Waals surface area contributed by atoms with Gasteiger partial charge in [-0.2, -0.15) is 0 Å². The van der Waals surface area contributed by atoms with Crippen LogP contribution < -0.4 is 0 Å². The predicted octanol–water partition coefficient (Wildman–Crippen LogP) is 6.01. The van der Waals surface area contributed by atoms with Gasteiger partial charge in [-0.3, -0.25) is 4.79 Å². The van der Waals surface area contributed by atoms with Gasteiger partial charge in [0.1, 0.15) is 0 Å². The van der Waals surface area contributed by atoms with Crippen LogP contribution in [0.3, 0.4) is 0 Å². The maximum Gasteiger partial charge on any atom is 0.173 e. The highest BCUT2D eigenvalue weighted by Gasteiger charge is 2.20. The number of rotatable bonds is 4. The maximum atomic E-state index is 12.3. The van der Waals surface area contributed by atoms with E-state index in [1.165, 1.54) is 15.3 Å². The summed E-state index contributed by atoms with van der Waals surface area (Å²) < 4.78 is 1.25. The molecule has 0 N–H and O–H groups in total. The summed E-state index contributed by atoms with van der Waals surface area (Å²) in [6.45, 7) is 0. The lowest BCUT2D eigenvalue weighted by Gasteiger charge is -2.08. The number of hydrogen-bond donors (Lipinski definition) is 0. The van der Waals surface area contributed by atoms with Crippen molar-refractivity contribution in [3.63, 3.8) is 0 Å². The van der Waals surface area contributed by atoms with Crippen LogP contribution in [-0.4, -0.2) is 15.7 Å². The van der Waals surface area contributed by atoms with Crippen LogP contribution in [0.5, 0.6) is 0 Å². The number of benzene rings is 2. The monoisotopic (exact) mass is 408 g/mol. The molecular weight excluding hydrogens is 396 g/mol. The molecule has 22 heavy (non-hydrogen) atoms. The fourth-order valence-corrected chi connectivity index (χ4v) is 8.28. The smallest absolute Gasteiger partial charge is 0.173 e. The van der Waals surface area contributed by atoms with Crippen LogP contribution in [0.2, 0.25) is 0 Å². The van der Waals surface area contributed by atoms with Crippen molar-refractivity contribution in [2.24, 2.45) is 0 Å². The minimum Gasteiger partial charge on any atom is -0.293 e. The summed E-state index contributed by atoms with van der Waals surface area (Å²) >= 11 is 5.36. The average Bonchev–Trinajstić information content (AvgIpc) is 2.95. The zero-order valence-corrected chi connectivity index (χ0v) is 15.6. The number of thioether (sulfide) groups is 1. The number of Topliss-reactive ketones (excluding diaryl/α,β-unsaturated/α-hetero) is 1. The molecule has 2 aromatic rings. The predicted molar refractivity (Wildman–Crippen MR) is 107 cm³/mol. The largest absolute Gasteiger partial charge is 0.293 e. The first-order valence-electron chi connectivity index (χ1n) is 6.67. The quantitative estimate of drug-likeness (QED) is 0.350. The van der Waals surface area contributed by atoms with Crippen molar-refractivity contribution in [1.29, 1.82) is 0 Å². The van der Waals surface area contributed by atoms with E-state index < -0.39 is 0 Å². The Morgan fingerprint density at radius 3 is 2.36 bits per heavy atom. The third-order valence-electron chi connectivity index (χ3n) is 3.13. The van der Waals surface area contributed by atoms with Gasteiger partial charge in [0.15, 0.2) is 5.78 Å². The lowest BCUT2D eigenvalue weighted by Crippen LogP contribution is -2.05. The summed E-state index contributed by atoms with van der Waals surface area (Å²) in [4.78, 5) is 12.3. The van der Waals surface area contributed by atoms with Gasteiger partial charge in [-0.1, -0.05) is 71.5 Å². The molecule has 1 atom stereocenters. The highest BCUT2D eigenvalue weighted by Crippen LogP contribution is 2.52. The van der Waals surface area contributed by atoms with Crippen molar-refractivity contribution < 1.29 is 4.79 Å². The topological polar surface area (TPSA) is 17.1 Å². The fourth-order valence-electron chi connectivity index (χ4n) is 2.03. The standard InChI is InChI=1S/C17H13BrOS3/c18-22-17(15(11-21-22)13-7-3-1-4-8-13)20-12-16(19)14-9-5-2-6-10-14/h1-11H,12H2. The average molecular weight is 409 g/mol. The van der Waals surface area contributed by atoms with Gasteiger partial charge in [0.2, 0.25) is 0 Å². The van der Waals surface area contributed by atoms with Crippen molar-refractivity contribution >= 4 is 60.9 Å². The summed E-state index contributed by atoms with van der Waals surface area (Å²) in [7, 11) is 1.72. The second-order valence-electron chi connectivity index (χ2n) is 4.58. The number of ketones is 1. The van der Waals surface area contributed by atoms with Crippen LogP contribution >= 0.6 is 45.3 Å². The molecular formula is C17H13BrOS3. The van der Waals surface area contributed by atoms with Gasteiger partial charge in [-0.25, -0.2) is 0 Å². The molecule has 0 saturated carbocycles. The van der Waals surface area contributed by atoms with E-state index in [0.29, 0.717) is 5.75 Å². The molecule has 0 aliphatic carbocycles. The van der Waals surface area contributed by atoms with E-state index in [9.17, 15) is 4.79 Å². The normalized spacial score (nSPS) is 17.4. The molecule has 5 heteroatoms. The SMILES string of the molecule is O=C(CSC1=S(Br)SC=C1c1ccccc1)c1ccccc1. The lowest BCUT2D eigenvalue weighted by atomic mass is 10.1. The van der Waals surface area contributed by atoms with Crippen molar-refractivity contribution in [2.75, 3.05) is 5.75 Å². The van der Waals surface area contributed by atoms with Crippen LogP contribution in [-0.2, 0) is 0 Å². The molecule has 0 radical (unpaired) electrons. The van der Waals surface area contributed by atoms with Crippen LogP contribution in [0.25, 0.3) is 5.57 Å². The van der Waals surface area contributed by atoms with Gasteiger partial charge in [-0.05, 0) is 33.7 Å². The molecule has 0 aromatic heterocycles. The molecule has 1 heterocycles. The molecule has 1 aliphatic heterocycles. The van der Waals surface area contributed by atoms with Crippen LogP contribution in [0.15, 0.2) is 66.1 Å². The van der Waals surface area contributed by atoms with Gasteiger partial charge >= 0.3 is 0 Å². The first-order chi connectivity index (χ1) is 10.8. The highest BCUT2D eigenvalue weighted by atomic mass is 79.9. The summed E-state index contributed by atoms with van der Waals surface area (Å²) in [5.74, 6) is 0.644. The summed E-state index contributed by atoms with van der Waals surface area (Å²) in [5.41, 5.74) is 3.22. The van der Waals surface area contributed by atoms with Crippen LogP contribution in [0, 0.1) is 0 Å². The number of carbonyl (C=O) groups excluding carboxylic acids is 1. The highest BCUT2D eigenvalue weighted by molar-refractivity contribution is 9.65. The first kappa shape index (κ1) is 16.1. The molecule has 0 amide bonds. The Morgan fingerprint density at radius 2 is 1.68 bits per heavy atom. The molecule has 0 fully saturated rings. The van der Waals surface area contributed by atoms with Gasteiger partial charge < -0.3 is 0 Å². The Hall–Kier alpha value is -0.750. The molecule has 1 unspecified atom stereocenters. The second-order valence-corrected chi connectivity index (χ2v) is 11.9. The summed E-state index contributed by atoms with van der Waals surface area (Å²) in [5, 5.41) is 2.18. The number of halogens is 1. The Labute approximate surface area is 148 Å². The molecule has 0 saturated heterocycles. The first-order valence-corrected chi connectivity index (χ1v) is 12.1. The van der Waals surface area contributed by atoms with E-state index in [-0.39, 0.29) is 13.7 Å². The van der Waals surface area contributed by atoms with Crippen LogP contribution in [0.1, 0.15) is 15.9 Å². The third kappa shape index (κ3) is 3.77. The van der Waals surface area contributed by atoms with E-state index in [0.717, 1.165) is 5.56 Å². The van der Waals surface area contributed by atoms with E-state index in [1.54, 1.807) is 22.6 Å². The second kappa shape index (κ2) is 7.68. The molecule has 0 spiro atoms. The molecule has 2 aromatic carbocycles. The van der Waals surface area contributed by atoms with E-state index in [1.807, 2.05) is 48.5 Å². The van der Waals surface area contributed by atoms with Gasteiger partial charge in [-0.15, -0.1) is 11.8 Å². The Balaban J connectivity index is 1.73. The van der Waals surface area contributed by atoms with Crippen molar-refractivity contribution in [1.82, 2.24) is 0 Å². The minimum absolute atomic E-state index is 0.0500. The van der Waals surface area contributed by atoms with Crippen molar-refractivity contribution in [3.05, 3.63) is 77.2 Å². The molecule has 3 rings (SSSR count). The maximum absolute atomic E-state index is 12.3. The third-order valence-corrected chi connectivity index (χ3v) is 10.5. The zero-order valence-electron chi connectivity index (χ0n) is 11.6. The van der Waals surface area contributed by atoms with Crippen molar-refractivity contribution in [2.45, 2.75) is 0 Å². The van der Waals surface area contributed by atoms with Crippen LogP contribution in [0.4, 0.5) is 0 Å². The fraction of sp³-hybridized carbons (Fsp3) is 0.0588. The molecule has 1 aliphatic rings. The lowest BCUT2D eigenvalue weighted by molar-refractivity contribution is 0.102. The van der Waals surface area contributed by atoms with E-state index in [4.69, 9.17) is 0 Å². The molecule has 1 nitrogen and oxygen atoms in total. The van der Waals surface area contributed by atoms with Crippen molar-refractivity contribution in [3.8, 4) is 0 Å². The summed E-state index contributed by atoms with van der Waals surface area (Å²) in [6.07, 6.45) is 0. The number of hydrogen-bond acceptors (Lipinski definition) is 3. The van der Waals surface area contributed by atoms with Gasteiger partial charge in [0, 0.05) is 11.1 Å². The zero-order chi connectivity index (χ0) is 15.4. The van der Waals surface area contributed by atoms with E-state index in [2.05, 4.69) is 32.4 Å². The molecule has 112 valence electrons. The van der Waals surface area contributed by atoms with E-state index >= 15 is 0 Å². The Kier molecular flexibility index (Phi) is 5.63. The Bertz CT molecular complexity index is 739. The van der Waals surface area contributed by atoms with Gasteiger partial charge in [0.25, 0.3) is 0 Å². The number of carbonyl (C=O) groups is 1. The Morgan fingerprint density at radius 1 is 1.05 bits per heavy atom. The minimum atomic E-state index is -0.0500. The molecule has 0 bridgehead atoms. The summed E-state index contributed by atoms with van der Waals surface area (Å²) in [6, 6.07) is 19.8. The van der Waals surface area contributed by atoms with Gasteiger partial charge in [0.05, 0.1) is 9.95 Å².